The quantitative estimate of drug-likeness (QED) is 0.796. The van der Waals surface area contributed by atoms with Crippen LogP contribution >= 0.6 is 11.6 Å². The molecule has 2 N–H and O–H groups in total. The average molecular weight is 224 g/mol. The highest BCUT2D eigenvalue weighted by atomic mass is 35.5. The van der Waals surface area contributed by atoms with Gasteiger partial charge in [0.15, 0.2) is 11.0 Å². The van der Waals surface area contributed by atoms with Crippen molar-refractivity contribution >= 4 is 17.3 Å². The molecular formula is C9H10ClN5. The number of nitrogens with zero attached hydrogens (tertiary/aromatic N) is 4. The van der Waals surface area contributed by atoms with Gasteiger partial charge in [-0.15, -0.1) is 10.2 Å². The van der Waals surface area contributed by atoms with E-state index in [-0.39, 0.29) is 0 Å². The van der Waals surface area contributed by atoms with Crippen LogP contribution in [-0.4, -0.2) is 20.0 Å². The van der Waals surface area contributed by atoms with Crippen LogP contribution in [0.2, 0.25) is 5.15 Å². The van der Waals surface area contributed by atoms with Gasteiger partial charge >= 0.3 is 0 Å². The van der Waals surface area contributed by atoms with E-state index in [1.165, 1.54) is 0 Å². The molecule has 0 aliphatic rings. The van der Waals surface area contributed by atoms with Crippen molar-refractivity contribution in [3.05, 3.63) is 28.7 Å². The Morgan fingerprint density at radius 2 is 2.00 bits per heavy atom. The smallest absolute Gasteiger partial charge is 0.176 e. The second-order valence-electron chi connectivity index (χ2n) is 3.21. The highest BCUT2D eigenvalue weighted by molar-refractivity contribution is 6.29. The highest BCUT2D eigenvalue weighted by Crippen LogP contribution is 2.18. The molecule has 0 fully saturated rings. The third-order valence-electron chi connectivity index (χ3n) is 2.18. The molecule has 0 saturated carbocycles. The summed E-state index contributed by atoms with van der Waals surface area (Å²) in [6.45, 7) is 3.73. The van der Waals surface area contributed by atoms with Gasteiger partial charge in [0.05, 0.1) is 17.1 Å². The molecule has 2 heterocycles. The Kier molecular flexibility index (Phi) is 2.32. The lowest BCUT2D eigenvalue weighted by Gasteiger charge is -2.01. The zero-order chi connectivity index (χ0) is 11.0. The minimum Gasteiger partial charge on any atom is -0.396 e. The molecule has 0 aliphatic carbocycles. The maximum Gasteiger partial charge on any atom is 0.176 e. The van der Waals surface area contributed by atoms with Crippen LogP contribution in [0.4, 0.5) is 5.69 Å². The van der Waals surface area contributed by atoms with Gasteiger partial charge in [0, 0.05) is 0 Å². The minimum atomic E-state index is 0.355. The first-order valence-electron chi connectivity index (χ1n) is 4.41. The van der Waals surface area contributed by atoms with Crippen LogP contribution < -0.4 is 5.73 Å². The monoisotopic (exact) mass is 223 g/mol. The Morgan fingerprint density at radius 3 is 2.47 bits per heavy atom. The SMILES string of the molecule is Cc1nn(-c2ccc(Cl)nn2)c(C)c1N. The number of nitrogens with two attached hydrogens (primary N) is 1. The molecule has 2 aromatic heterocycles. The summed E-state index contributed by atoms with van der Waals surface area (Å²) >= 11 is 5.65. The van der Waals surface area contributed by atoms with Gasteiger partial charge in [-0.1, -0.05) is 11.6 Å². The largest absolute Gasteiger partial charge is 0.396 e. The predicted molar refractivity (Wildman–Crippen MR) is 58.1 cm³/mol. The van der Waals surface area contributed by atoms with Crippen molar-refractivity contribution in [3.63, 3.8) is 0 Å². The molecule has 0 amide bonds. The maximum absolute atomic E-state index is 5.81. The van der Waals surface area contributed by atoms with Crippen LogP contribution in [0.15, 0.2) is 12.1 Å². The van der Waals surface area contributed by atoms with Gasteiger partial charge in [-0.25, -0.2) is 4.68 Å². The fourth-order valence-electron chi connectivity index (χ4n) is 1.30. The lowest BCUT2D eigenvalue weighted by atomic mass is 10.3. The average Bonchev–Trinajstić information content (AvgIpc) is 2.47. The normalized spacial score (nSPS) is 10.6. The van der Waals surface area contributed by atoms with Crippen molar-refractivity contribution in [1.29, 1.82) is 0 Å². The zero-order valence-electron chi connectivity index (χ0n) is 8.40. The molecule has 0 aromatic carbocycles. The molecule has 6 heteroatoms. The van der Waals surface area contributed by atoms with Crippen molar-refractivity contribution in [2.75, 3.05) is 5.73 Å². The van der Waals surface area contributed by atoms with Crippen molar-refractivity contribution in [2.24, 2.45) is 0 Å². The van der Waals surface area contributed by atoms with E-state index in [1.54, 1.807) is 16.8 Å². The molecule has 0 radical (unpaired) electrons. The van der Waals surface area contributed by atoms with E-state index in [9.17, 15) is 0 Å². The van der Waals surface area contributed by atoms with Gasteiger partial charge in [0.1, 0.15) is 0 Å². The van der Waals surface area contributed by atoms with Crippen LogP contribution in [0.3, 0.4) is 0 Å². The van der Waals surface area contributed by atoms with E-state index >= 15 is 0 Å². The van der Waals surface area contributed by atoms with Gasteiger partial charge in [0.25, 0.3) is 0 Å². The third kappa shape index (κ3) is 1.66. The third-order valence-corrected chi connectivity index (χ3v) is 2.38. The molecule has 0 spiro atoms. The summed E-state index contributed by atoms with van der Waals surface area (Å²) in [4.78, 5) is 0. The van der Waals surface area contributed by atoms with E-state index in [0.29, 0.717) is 16.7 Å². The van der Waals surface area contributed by atoms with Gasteiger partial charge in [0.2, 0.25) is 0 Å². The predicted octanol–water partition coefficient (Wildman–Crippen LogP) is 1.51. The second-order valence-corrected chi connectivity index (χ2v) is 3.60. The van der Waals surface area contributed by atoms with Crippen molar-refractivity contribution in [3.8, 4) is 5.82 Å². The maximum atomic E-state index is 5.81. The van der Waals surface area contributed by atoms with E-state index in [4.69, 9.17) is 17.3 Å². The van der Waals surface area contributed by atoms with E-state index in [0.717, 1.165) is 11.4 Å². The molecule has 0 aliphatic heterocycles. The van der Waals surface area contributed by atoms with Crippen LogP contribution in [0.1, 0.15) is 11.4 Å². The second kappa shape index (κ2) is 3.51. The molecule has 0 bridgehead atoms. The highest BCUT2D eigenvalue weighted by Gasteiger charge is 2.10. The number of aromatic nitrogens is 4. The molecule has 5 nitrogen and oxygen atoms in total. The molecule has 0 atom stereocenters. The van der Waals surface area contributed by atoms with Crippen LogP contribution in [-0.2, 0) is 0 Å². The summed E-state index contributed by atoms with van der Waals surface area (Å²) in [6.07, 6.45) is 0. The first kappa shape index (κ1) is 9.92. The lowest BCUT2D eigenvalue weighted by molar-refractivity contribution is 0.782. The van der Waals surface area contributed by atoms with Crippen molar-refractivity contribution < 1.29 is 0 Å². The number of halogens is 1. The first-order valence-corrected chi connectivity index (χ1v) is 4.78. The summed E-state index contributed by atoms with van der Waals surface area (Å²) in [5.74, 6) is 0.608. The Labute approximate surface area is 91.9 Å². The molecule has 2 rings (SSSR count). The fourth-order valence-corrected chi connectivity index (χ4v) is 1.40. The number of nitrogen functional groups attached to an aromatic ring is 1. The Hall–Kier alpha value is -1.62. The molecule has 0 unspecified atom stereocenters. The van der Waals surface area contributed by atoms with E-state index in [2.05, 4.69) is 15.3 Å². The van der Waals surface area contributed by atoms with Crippen molar-refractivity contribution in [1.82, 2.24) is 20.0 Å². The standard InChI is InChI=1S/C9H10ClN5/c1-5-9(11)6(2)15(14-5)8-4-3-7(10)12-13-8/h3-4H,11H2,1-2H3. The van der Waals surface area contributed by atoms with Gasteiger partial charge in [-0.2, -0.15) is 5.10 Å². The van der Waals surface area contributed by atoms with Gasteiger partial charge in [-0.05, 0) is 26.0 Å². The number of hydrogen-bond acceptors (Lipinski definition) is 4. The number of aryl methyl sites for hydroxylation is 1. The summed E-state index contributed by atoms with van der Waals surface area (Å²) in [5, 5.41) is 12.3. The van der Waals surface area contributed by atoms with Crippen LogP contribution in [0.5, 0.6) is 0 Å². The minimum absolute atomic E-state index is 0.355. The number of hydrogen-bond donors (Lipinski definition) is 1. The summed E-state index contributed by atoms with van der Waals surface area (Å²) < 4.78 is 1.65. The lowest BCUT2D eigenvalue weighted by Crippen LogP contribution is -2.03. The van der Waals surface area contributed by atoms with Crippen LogP contribution in [0.25, 0.3) is 5.82 Å². The molecule has 78 valence electrons. The van der Waals surface area contributed by atoms with E-state index < -0.39 is 0 Å². The summed E-state index contributed by atoms with van der Waals surface area (Å²) in [7, 11) is 0. The van der Waals surface area contributed by atoms with Gasteiger partial charge < -0.3 is 5.73 Å². The summed E-state index contributed by atoms with van der Waals surface area (Å²) in [5.41, 5.74) is 8.12. The summed E-state index contributed by atoms with van der Waals surface area (Å²) in [6, 6.07) is 3.41. The molecule has 0 saturated heterocycles. The van der Waals surface area contributed by atoms with E-state index in [1.807, 2.05) is 13.8 Å². The molecule has 2 aromatic rings. The van der Waals surface area contributed by atoms with Gasteiger partial charge in [-0.3, -0.25) is 0 Å². The first-order chi connectivity index (χ1) is 7.09. The van der Waals surface area contributed by atoms with Crippen molar-refractivity contribution in [2.45, 2.75) is 13.8 Å². The fraction of sp³-hybridized carbons (Fsp3) is 0.222. The Balaban J connectivity index is 2.54. The molecule has 15 heavy (non-hydrogen) atoms. The zero-order valence-corrected chi connectivity index (χ0v) is 9.15. The number of anilines is 1. The Bertz CT molecular complexity index is 488. The number of rotatable bonds is 1. The topological polar surface area (TPSA) is 69.6 Å². The van der Waals surface area contributed by atoms with Crippen LogP contribution in [0, 0.1) is 13.8 Å². The molecular weight excluding hydrogens is 214 g/mol. The Morgan fingerprint density at radius 1 is 1.27 bits per heavy atom.